The average molecular weight is 262 g/mol. The lowest BCUT2D eigenvalue weighted by molar-refractivity contribution is -0.136. The molecule has 1 N–H and O–H groups in total. The van der Waals surface area contributed by atoms with Crippen LogP contribution in [0.3, 0.4) is 0 Å². The molecule has 0 aliphatic carbocycles. The third-order valence-electron chi connectivity index (χ3n) is 3.57. The number of likely N-dealkylation sites (N-methyl/N-ethyl adjacent to an activating group) is 1. The van der Waals surface area contributed by atoms with Crippen LogP contribution in [0.15, 0.2) is 18.2 Å². The molecule has 5 heteroatoms. The Bertz CT molecular complexity index is 472. The number of anilines is 2. The van der Waals surface area contributed by atoms with Crippen molar-refractivity contribution in [1.82, 2.24) is 9.88 Å². The molecule has 0 spiro atoms. The molecule has 19 heavy (non-hydrogen) atoms. The fourth-order valence-electron chi connectivity index (χ4n) is 2.47. The van der Waals surface area contributed by atoms with Gasteiger partial charge in [-0.3, -0.25) is 4.79 Å². The Morgan fingerprint density at radius 3 is 2.79 bits per heavy atom. The number of pyridine rings is 1. The number of hydrogen-bond acceptors (Lipinski definition) is 4. The highest BCUT2D eigenvalue weighted by Crippen LogP contribution is 2.27. The van der Waals surface area contributed by atoms with E-state index in [0.717, 1.165) is 31.3 Å². The van der Waals surface area contributed by atoms with E-state index in [1.165, 1.54) is 0 Å². The van der Waals surface area contributed by atoms with Gasteiger partial charge in [-0.15, -0.1) is 0 Å². The van der Waals surface area contributed by atoms with Crippen LogP contribution in [0.1, 0.15) is 20.8 Å². The van der Waals surface area contributed by atoms with Gasteiger partial charge in [-0.05, 0) is 32.9 Å². The van der Waals surface area contributed by atoms with Gasteiger partial charge in [0, 0.05) is 26.7 Å². The Kier molecular flexibility index (Phi) is 3.64. The minimum Gasteiger partial charge on any atom is -0.370 e. The topological polar surface area (TPSA) is 48.5 Å². The number of nitrogens with zero attached hydrogens (tertiary/aromatic N) is 3. The SMILES string of the molecule is CCNc1cccc(N2CCN(C)C(=O)C2(C)C)n1. The van der Waals surface area contributed by atoms with E-state index in [9.17, 15) is 4.79 Å². The Morgan fingerprint density at radius 2 is 2.11 bits per heavy atom. The molecule has 0 unspecified atom stereocenters. The molecular weight excluding hydrogens is 240 g/mol. The first-order chi connectivity index (χ1) is 8.96. The van der Waals surface area contributed by atoms with Gasteiger partial charge in [0.15, 0.2) is 0 Å². The average Bonchev–Trinajstić information content (AvgIpc) is 2.37. The zero-order valence-corrected chi connectivity index (χ0v) is 12.1. The van der Waals surface area contributed by atoms with E-state index in [1.807, 2.05) is 46.0 Å². The van der Waals surface area contributed by atoms with Crippen LogP contribution in [0.5, 0.6) is 0 Å². The molecule has 0 bridgehead atoms. The summed E-state index contributed by atoms with van der Waals surface area (Å²) in [6.07, 6.45) is 0. The molecule has 0 atom stereocenters. The van der Waals surface area contributed by atoms with Gasteiger partial charge in [0.2, 0.25) is 5.91 Å². The van der Waals surface area contributed by atoms with Crippen LogP contribution in [0, 0.1) is 0 Å². The molecule has 1 saturated heterocycles. The first-order valence-electron chi connectivity index (χ1n) is 6.71. The van der Waals surface area contributed by atoms with Crippen molar-refractivity contribution in [3.63, 3.8) is 0 Å². The first-order valence-corrected chi connectivity index (χ1v) is 6.71. The van der Waals surface area contributed by atoms with Crippen LogP contribution < -0.4 is 10.2 Å². The van der Waals surface area contributed by atoms with E-state index < -0.39 is 5.54 Å². The zero-order valence-electron chi connectivity index (χ0n) is 12.1. The van der Waals surface area contributed by atoms with Crippen molar-refractivity contribution >= 4 is 17.5 Å². The van der Waals surface area contributed by atoms with Gasteiger partial charge in [-0.1, -0.05) is 6.07 Å². The van der Waals surface area contributed by atoms with Gasteiger partial charge in [0.25, 0.3) is 0 Å². The van der Waals surface area contributed by atoms with Gasteiger partial charge in [-0.25, -0.2) is 4.98 Å². The molecule has 1 fully saturated rings. The predicted octanol–water partition coefficient (Wildman–Crippen LogP) is 1.57. The fraction of sp³-hybridized carbons (Fsp3) is 0.571. The number of rotatable bonds is 3. The van der Waals surface area contributed by atoms with E-state index >= 15 is 0 Å². The smallest absolute Gasteiger partial charge is 0.247 e. The van der Waals surface area contributed by atoms with Crippen molar-refractivity contribution in [3.8, 4) is 0 Å². The number of nitrogens with one attached hydrogen (secondary N) is 1. The summed E-state index contributed by atoms with van der Waals surface area (Å²) < 4.78 is 0. The Balaban J connectivity index is 2.30. The molecule has 1 aromatic heterocycles. The van der Waals surface area contributed by atoms with Crippen LogP contribution in [0.2, 0.25) is 0 Å². The minimum atomic E-state index is -0.551. The molecule has 1 aliphatic heterocycles. The largest absolute Gasteiger partial charge is 0.370 e. The maximum atomic E-state index is 12.3. The van der Waals surface area contributed by atoms with Crippen LogP contribution >= 0.6 is 0 Å². The molecule has 1 aliphatic rings. The number of carbonyl (C=O) groups is 1. The quantitative estimate of drug-likeness (QED) is 0.898. The van der Waals surface area contributed by atoms with Crippen LogP contribution in [0.4, 0.5) is 11.6 Å². The van der Waals surface area contributed by atoms with E-state index in [4.69, 9.17) is 0 Å². The first kappa shape index (κ1) is 13.6. The summed E-state index contributed by atoms with van der Waals surface area (Å²) in [5, 5.41) is 3.20. The maximum absolute atomic E-state index is 12.3. The van der Waals surface area contributed by atoms with Crippen molar-refractivity contribution in [3.05, 3.63) is 18.2 Å². The second-order valence-corrected chi connectivity index (χ2v) is 5.35. The minimum absolute atomic E-state index is 0.134. The molecule has 0 aromatic carbocycles. The number of aromatic nitrogens is 1. The summed E-state index contributed by atoms with van der Waals surface area (Å²) >= 11 is 0. The summed E-state index contributed by atoms with van der Waals surface area (Å²) in [5.74, 6) is 1.83. The summed E-state index contributed by atoms with van der Waals surface area (Å²) in [7, 11) is 1.85. The molecule has 0 saturated carbocycles. The summed E-state index contributed by atoms with van der Waals surface area (Å²) in [6, 6.07) is 5.87. The molecule has 2 rings (SSSR count). The van der Waals surface area contributed by atoms with Crippen molar-refractivity contribution in [2.45, 2.75) is 26.3 Å². The lowest BCUT2D eigenvalue weighted by atomic mass is 9.98. The second-order valence-electron chi connectivity index (χ2n) is 5.35. The normalized spacial score (nSPS) is 18.6. The number of hydrogen-bond donors (Lipinski definition) is 1. The Labute approximate surface area is 114 Å². The summed E-state index contributed by atoms with van der Waals surface area (Å²) in [4.78, 5) is 20.7. The monoisotopic (exact) mass is 262 g/mol. The second kappa shape index (κ2) is 5.07. The number of amides is 1. The van der Waals surface area contributed by atoms with Crippen molar-refractivity contribution in [2.24, 2.45) is 0 Å². The summed E-state index contributed by atoms with van der Waals surface area (Å²) in [6.45, 7) is 8.31. The highest BCUT2D eigenvalue weighted by molar-refractivity contribution is 5.90. The van der Waals surface area contributed by atoms with Crippen LogP contribution in [-0.2, 0) is 4.79 Å². The van der Waals surface area contributed by atoms with Gasteiger partial charge in [0.1, 0.15) is 17.2 Å². The van der Waals surface area contributed by atoms with Gasteiger partial charge >= 0.3 is 0 Å². The van der Waals surface area contributed by atoms with E-state index in [1.54, 1.807) is 4.90 Å². The molecule has 5 nitrogen and oxygen atoms in total. The van der Waals surface area contributed by atoms with Crippen LogP contribution in [-0.4, -0.2) is 48.0 Å². The molecule has 1 aromatic rings. The van der Waals surface area contributed by atoms with E-state index in [2.05, 4.69) is 15.2 Å². The molecule has 104 valence electrons. The standard InChI is InChI=1S/C14H22N4O/c1-5-15-11-7-6-8-12(16-11)18-10-9-17(4)13(19)14(18,2)3/h6-8H,5,9-10H2,1-4H3,(H,15,16). The van der Waals surface area contributed by atoms with Crippen molar-refractivity contribution in [1.29, 1.82) is 0 Å². The number of carbonyl (C=O) groups excluding carboxylic acids is 1. The van der Waals surface area contributed by atoms with Gasteiger partial charge in [0.05, 0.1) is 0 Å². The van der Waals surface area contributed by atoms with Crippen molar-refractivity contribution in [2.75, 3.05) is 36.9 Å². The highest BCUT2D eigenvalue weighted by Gasteiger charge is 2.41. The van der Waals surface area contributed by atoms with Gasteiger partial charge < -0.3 is 15.1 Å². The maximum Gasteiger partial charge on any atom is 0.247 e. The lowest BCUT2D eigenvalue weighted by Gasteiger charge is -2.45. The molecule has 2 heterocycles. The Morgan fingerprint density at radius 1 is 1.37 bits per heavy atom. The number of piperazine rings is 1. The van der Waals surface area contributed by atoms with Crippen LogP contribution in [0.25, 0.3) is 0 Å². The molecular formula is C14H22N4O. The van der Waals surface area contributed by atoms with Crippen molar-refractivity contribution < 1.29 is 4.79 Å². The predicted molar refractivity (Wildman–Crippen MR) is 77.5 cm³/mol. The Hall–Kier alpha value is -1.78. The summed E-state index contributed by atoms with van der Waals surface area (Å²) in [5.41, 5.74) is -0.551. The van der Waals surface area contributed by atoms with E-state index in [0.29, 0.717) is 0 Å². The molecule has 1 amide bonds. The molecule has 0 radical (unpaired) electrons. The van der Waals surface area contributed by atoms with Gasteiger partial charge in [-0.2, -0.15) is 0 Å². The fourth-order valence-corrected chi connectivity index (χ4v) is 2.47. The third kappa shape index (κ3) is 2.50. The lowest BCUT2D eigenvalue weighted by Crippen LogP contribution is -2.62. The highest BCUT2D eigenvalue weighted by atomic mass is 16.2. The van der Waals surface area contributed by atoms with E-state index in [-0.39, 0.29) is 5.91 Å². The third-order valence-corrected chi connectivity index (χ3v) is 3.57. The zero-order chi connectivity index (χ0) is 14.0.